The number of nitrogens with one attached hydrogen (secondary N) is 2. The number of benzene rings is 1. The minimum Gasteiger partial charge on any atom is -0.313 e. The van der Waals surface area contributed by atoms with Crippen LogP contribution in [-0.4, -0.2) is 27.3 Å². The summed E-state index contributed by atoms with van der Waals surface area (Å²) in [5, 5.41) is 6.94. The van der Waals surface area contributed by atoms with E-state index in [1.807, 2.05) is 34.9 Å². The molecule has 4 rings (SSSR count). The fourth-order valence-corrected chi connectivity index (χ4v) is 3.36. The molecule has 0 bridgehead atoms. The smallest absolute Gasteiger partial charge is 0.249 e. The van der Waals surface area contributed by atoms with Crippen LogP contribution in [-0.2, 0) is 14.4 Å². The van der Waals surface area contributed by atoms with Gasteiger partial charge in [0.1, 0.15) is 17.5 Å². The molecule has 0 radical (unpaired) electrons. The number of hydrogen-bond acceptors (Lipinski definition) is 4. The quantitative estimate of drug-likeness (QED) is 0.701. The zero-order valence-electron chi connectivity index (χ0n) is 13.6. The Bertz CT molecular complexity index is 1040. The van der Waals surface area contributed by atoms with Crippen molar-refractivity contribution in [2.24, 2.45) is 0 Å². The molecule has 126 valence electrons. The molecule has 1 aromatic carbocycles. The van der Waals surface area contributed by atoms with Crippen LogP contribution in [0.15, 0.2) is 36.4 Å². The number of aromatic nitrogens is 2. The summed E-state index contributed by atoms with van der Waals surface area (Å²) in [6.45, 7) is 1.42. The van der Waals surface area contributed by atoms with Gasteiger partial charge in [-0.05, 0) is 24.6 Å². The Labute approximate surface area is 143 Å². The maximum absolute atomic E-state index is 12.4. The molecule has 1 aliphatic heterocycles. The summed E-state index contributed by atoms with van der Waals surface area (Å²) in [4.78, 5) is 39.8. The molecule has 1 unspecified atom stereocenters. The van der Waals surface area contributed by atoms with E-state index in [0.29, 0.717) is 17.9 Å². The maximum Gasteiger partial charge on any atom is 0.249 e. The molecule has 1 atom stereocenters. The van der Waals surface area contributed by atoms with E-state index in [-0.39, 0.29) is 24.1 Å². The predicted octanol–water partition coefficient (Wildman–Crippen LogP) is 2.13. The molecule has 3 heterocycles. The minimum atomic E-state index is -0.514. The van der Waals surface area contributed by atoms with Gasteiger partial charge in [-0.25, -0.2) is 4.98 Å². The number of anilines is 1. The SMILES string of the molecule is CC(=O)Nc1ccc2c3ccccc3n(C3CCC(=O)NC3=O)c2n1. The number of pyridine rings is 1. The number of nitrogens with zero attached hydrogens (tertiary/aromatic N) is 2. The average molecular weight is 336 g/mol. The van der Waals surface area contributed by atoms with Crippen molar-refractivity contribution in [1.82, 2.24) is 14.9 Å². The van der Waals surface area contributed by atoms with Gasteiger partial charge in [-0.15, -0.1) is 0 Å². The predicted molar refractivity (Wildman–Crippen MR) is 93.0 cm³/mol. The van der Waals surface area contributed by atoms with Crippen molar-refractivity contribution < 1.29 is 14.4 Å². The molecule has 2 N–H and O–H groups in total. The third-order valence-corrected chi connectivity index (χ3v) is 4.38. The summed E-state index contributed by atoms with van der Waals surface area (Å²) >= 11 is 0. The Morgan fingerprint density at radius 3 is 2.76 bits per heavy atom. The number of amides is 3. The van der Waals surface area contributed by atoms with E-state index in [1.54, 1.807) is 6.07 Å². The lowest BCUT2D eigenvalue weighted by Gasteiger charge is -2.23. The van der Waals surface area contributed by atoms with E-state index in [4.69, 9.17) is 0 Å². The standard InChI is InChI=1S/C18H16N4O3/c1-10(23)19-15-8-6-12-11-4-2-3-5-13(11)22(17(12)20-15)14-7-9-16(24)21-18(14)25/h2-6,8,14H,7,9H2,1H3,(H,19,20,23)(H,21,24,25). The molecule has 1 saturated heterocycles. The molecule has 7 nitrogen and oxygen atoms in total. The van der Waals surface area contributed by atoms with Crippen molar-refractivity contribution in [3.8, 4) is 0 Å². The molecular weight excluding hydrogens is 320 g/mol. The zero-order chi connectivity index (χ0) is 17.6. The third-order valence-electron chi connectivity index (χ3n) is 4.38. The van der Waals surface area contributed by atoms with Crippen LogP contribution < -0.4 is 10.6 Å². The van der Waals surface area contributed by atoms with Crippen molar-refractivity contribution in [3.63, 3.8) is 0 Å². The fourth-order valence-electron chi connectivity index (χ4n) is 3.36. The van der Waals surface area contributed by atoms with Crippen molar-refractivity contribution in [2.75, 3.05) is 5.32 Å². The highest BCUT2D eigenvalue weighted by atomic mass is 16.2. The largest absolute Gasteiger partial charge is 0.313 e. The van der Waals surface area contributed by atoms with E-state index in [1.165, 1.54) is 6.92 Å². The molecule has 0 aliphatic carbocycles. The van der Waals surface area contributed by atoms with Gasteiger partial charge in [-0.2, -0.15) is 0 Å². The summed E-state index contributed by atoms with van der Waals surface area (Å²) in [6, 6.07) is 10.8. The highest BCUT2D eigenvalue weighted by Crippen LogP contribution is 2.34. The highest BCUT2D eigenvalue weighted by molar-refractivity contribution is 6.09. The third kappa shape index (κ3) is 2.53. The highest BCUT2D eigenvalue weighted by Gasteiger charge is 2.30. The number of imide groups is 1. The second-order valence-electron chi connectivity index (χ2n) is 6.10. The second-order valence-corrected chi connectivity index (χ2v) is 6.10. The topological polar surface area (TPSA) is 93.1 Å². The number of para-hydroxylation sites is 1. The molecule has 7 heteroatoms. The number of hydrogen-bond donors (Lipinski definition) is 2. The Morgan fingerprint density at radius 2 is 2.00 bits per heavy atom. The number of carbonyl (C=O) groups excluding carboxylic acids is 3. The van der Waals surface area contributed by atoms with Gasteiger partial charge in [0.25, 0.3) is 0 Å². The lowest BCUT2D eigenvalue weighted by molar-refractivity contribution is -0.135. The van der Waals surface area contributed by atoms with E-state index < -0.39 is 6.04 Å². The molecule has 1 aliphatic rings. The van der Waals surface area contributed by atoms with Gasteiger partial charge < -0.3 is 9.88 Å². The molecule has 0 spiro atoms. The van der Waals surface area contributed by atoms with Crippen LogP contribution in [0.25, 0.3) is 21.9 Å². The number of rotatable bonds is 2. The molecule has 0 saturated carbocycles. The van der Waals surface area contributed by atoms with Crippen LogP contribution in [0.1, 0.15) is 25.8 Å². The molecule has 3 aromatic rings. The first-order valence-electron chi connectivity index (χ1n) is 8.05. The summed E-state index contributed by atoms with van der Waals surface area (Å²) in [5.74, 6) is -0.369. The van der Waals surface area contributed by atoms with Crippen molar-refractivity contribution >= 4 is 45.5 Å². The Balaban J connectivity index is 1.97. The Kier molecular flexibility index (Phi) is 3.49. The zero-order valence-corrected chi connectivity index (χ0v) is 13.6. The Morgan fingerprint density at radius 1 is 1.20 bits per heavy atom. The molecular formula is C18H16N4O3. The first kappa shape index (κ1) is 15.3. The van der Waals surface area contributed by atoms with E-state index in [2.05, 4.69) is 15.6 Å². The van der Waals surface area contributed by atoms with Crippen LogP contribution in [0.3, 0.4) is 0 Å². The summed E-state index contributed by atoms with van der Waals surface area (Å²) in [7, 11) is 0. The van der Waals surface area contributed by atoms with Gasteiger partial charge in [-0.3, -0.25) is 19.7 Å². The second kappa shape index (κ2) is 5.70. The first-order valence-corrected chi connectivity index (χ1v) is 8.05. The van der Waals surface area contributed by atoms with Gasteiger partial charge in [0.05, 0.1) is 5.52 Å². The van der Waals surface area contributed by atoms with Gasteiger partial charge in [-0.1, -0.05) is 18.2 Å². The average Bonchev–Trinajstić information content (AvgIpc) is 2.88. The van der Waals surface area contributed by atoms with Gasteiger partial charge in [0.15, 0.2) is 0 Å². The van der Waals surface area contributed by atoms with Gasteiger partial charge in [0.2, 0.25) is 17.7 Å². The monoisotopic (exact) mass is 336 g/mol. The van der Waals surface area contributed by atoms with Crippen LogP contribution in [0.2, 0.25) is 0 Å². The van der Waals surface area contributed by atoms with Crippen LogP contribution >= 0.6 is 0 Å². The van der Waals surface area contributed by atoms with Crippen LogP contribution in [0.5, 0.6) is 0 Å². The summed E-state index contributed by atoms with van der Waals surface area (Å²) in [5.41, 5.74) is 1.49. The van der Waals surface area contributed by atoms with E-state index >= 15 is 0 Å². The number of fused-ring (bicyclic) bond motifs is 3. The van der Waals surface area contributed by atoms with Crippen LogP contribution in [0.4, 0.5) is 5.82 Å². The number of carbonyl (C=O) groups is 3. The summed E-state index contributed by atoms with van der Waals surface area (Å²) in [6.07, 6.45) is 0.709. The Hall–Kier alpha value is -3.22. The molecule has 2 aromatic heterocycles. The van der Waals surface area contributed by atoms with Crippen LogP contribution in [0, 0.1) is 0 Å². The minimum absolute atomic E-state index is 0.212. The van der Waals surface area contributed by atoms with E-state index in [0.717, 1.165) is 16.3 Å². The summed E-state index contributed by atoms with van der Waals surface area (Å²) < 4.78 is 1.86. The molecule has 25 heavy (non-hydrogen) atoms. The fraction of sp³-hybridized carbons (Fsp3) is 0.222. The normalized spacial score (nSPS) is 17.7. The molecule has 1 fully saturated rings. The van der Waals surface area contributed by atoms with E-state index in [9.17, 15) is 14.4 Å². The maximum atomic E-state index is 12.4. The van der Waals surface area contributed by atoms with Crippen molar-refractivity contribution in [2.45, 2.75) is 25.8 Å². The lowest BCUT2D eigenvalue weighted by Crippen LogP contribution is -2.41. The van der Waals surface area contributed by atoms with Gasteiger partial charge in [0, 0.05) is 24.1 Å². The number of piperidine rings is 1. The van der Waals surface area contributed by atoms with Gasteiger partial charge >= 0.3 is 0 Å². The van der Waals surface area contributed by atoms with Crippen molar-refractivity contribution in [3.05, 3.63) is 36.4 Å². The first-order chi connectivity index (χ1) is 12.0. The van der Waals surface area contributed by atoms with Crippen molar-refractivity contribution in [1.29, 1.82) is 0 Å². The molecule has 3 amide bonds. The lowest BCUT2D eigenvalue weighted by atomic mass is 10.1.